The first kappa shape index (κ1) is 77.8. The summed E-state index contributed by atoms with van der Waals surface area (Å²) < 4.78 is 30.4. The van der Waals surface area contributed by atoms with Crippen LogP contribution in [0, 0.1) is 63.2 Å². The smallest absolute Gasteiger partial charge is 0.135 e. The summed E-state index contributed by atoms with van der Waals surface area (Å²) in [5, 5.41) is 12.5. The maximum Gasteiger partial charge on any atom is 0.135 e. The number of benzene rings is 11. The highest BCUT2D eigenvalue weighted by molar-refractivity contribution is 6.09. The number of piperidine rings is 6. The molecule has 16 heterocycles. The second kappa shape index (κ2) is 28.0. The van der Waals surface area contributed by atoms with Crippen LogP contribution in [-0.4, -0.2) is 101 Å². The predicted octanol–water partition coefficient (Wildman–Crippen LogP) is 27.8. The Labute approximate surface area is 724 Å². The van der Waals surface area contributed by atoms with Crippen molar-refractivity contribution in [2.45, 2.75) is 232 Å². The molecule has 5 aromatic heterocycles. The summed E-state index contributed by atoms with van der Waals surface area (Å²) in [6, 6.07) is 78.4. The summed E-state index contributed by atoms with van der Waals surface area (Å²) in [7, 11) is 0. The molecule has 0 N–H and O–H groups in total. The van der Waals surface area contributed by atoms with Gasteiger partial charge in [-0.3, -0.25) is 19.6 Å². The molecule has 1 saturated carbocycles. The number of para-hydroxylation sites is 5. The van der Waals surface area contributed by atoms with Gasteiger partial charge < -0.3 is 27.0 Å². The molecule has 0 radical (unpaired) electrons. The van der Waals surface area contributed by atoms with E-state index in [1.165, 1.54) is 188 Å². The van der Waals surface area contributed by atoms with Crippen molar-refractivity contribution < 1.29 is 22.1 Å². The molecule has 11 fully saturated rings. The Morgan fingerprint density at radius 2 is 0.772 bits per heavy atom. The van der Waals surface area contributed by atoms with Crippen LogP contribution in [0.4, 0.5) is 5.69 Å². The molecule has 10 heteroatoms. The first-order valence-electron chi connectivity index (χ1n) is 46.8. The quantitative estimate of drug-likeness (QED) is 0.166. The van der Waals surface area contributed by atoms with Crippen LogP contribution < -0.4 is 4.90 Å². The molecule has 123 heavy (non-hydrogen) atoms. The average molecular weight is 1630 g/mol. The van der Waals surface area contributed by atoms with E-state index in [4.69, 9.17) is 22.1 Å². The Morgan fingerprint density at radius 1 is 0.341 bits per heavy atom. The lowest BCUT2D eigenvalue weighted by molar-refractivity contribution is 0.0555. The van der Waals surface area contributed by atoms with Gasteiger partial charge in [-0.1, -0.05) is 136 Å². The number of aryl methyl sites for hydroxylation is 5. The highest BCUT2D eigenvalue weighted by Crippen LogP contribution is 2.68. The van der Waals surface area contributed by atoms with Crippen molar-refractivity contribution in [3.8, 4) is 0 Å². The highest BCUT2D eigenvalue weighted by Gasteiger charge is 2.66. The van der Waals surface area contributed by atoms with Crippen LogP contribution in [0.3, 0.4) is 0 Å². The first-order valence-corrected chi connectivity index (χ1v) is 46.8. The van der Waals surface area contributed by atoms with Crippen molar-refractivity contribution in [2.24, 2.45) is 28.6 Å². The van der Waals surface area contributed by atoms with Gasteiger partial charge in [-0.2, -0.15) is 0 Å². The van der Waals surface area contributed by atoms with Crippen LogP contribution in [0.1, 0.15) is 206 Å². The van der Waals surface area contributed by atoms with Gasteiger partial charge in [-0.15, -0.1) is 0 Å². The number of hydrogen-bond acceptors (Lipinski definition) is 10. The Hall–Kier alpha value is -9.94. The molecule has 10 nitrogen and oxygen atoms in total. The van der Waals surface area contributed by atoms with Gasteiger partial charge in [0.15, 0.2) is 0 Å². The van der Waals surface area contributed by atoms with Crippen molar-refractivity contribution in [2.75, 3.05) is 44.2 Å². The zero-order valence-corrected chi connectivity index (χ0v) is 75.1. The molecule has 14 aliphatic rings. The molecule has 3 aliphatic carbocycles. The number of anilines is 1. The van der Waals surface area contributed by atoms with Crippen LogP contribution in [0.25, 0.3) is 110 Å². The van der Waals surface area contributed by atoms with Crippen LogP contribution in [-0.2, 0) is 11.0 Å². The van der Waals surface area contributed by atoms with E-state index in [9.17, 15) is 0 Å². The second-order valence-corrected chi connectivity index (χ2v) is 41.6. The molecule has 10 bridgehead atoms. The van der Waals surface area contributed by atoms with Crippen molar-refractivity contribution in [1.29, 1.82) is 0 Å². The summed E-state index contributed by atoms with van der Waals surface area (Å²) in [4.78, 5) is 13.6. The Kier molecular flexibility index (Phi) is 17.7. The number of rotatable bonds is 5. The van der Waals surface area contributed by atoms with Crippen molar-refractivity contribution in [1.82, 2.24) is 19.6 Å². The van der Waals surface area contributed by atoms with Crippen LogP contribution >= 0.6 is 0 Å². The molecule has 10 saturated heterocycles. The fourth-order valence-electron chi connectivity index (χ4n) is 29.0. The van der Waals surface area contributed by atoms with Gasteiger partial charge in [0.2, 0.25) is 0 Å². The van der Waals surface area contributed by atoms with E-state index in [1.54, 1.807) is 16.7 Å². The number of hydrogen-bond donors (Lipinski definition) is 0. The molecular weight excluding hydrogens is 1510 g/mol. The molecule has 0 spiro atoms. The van der Waals surface area contributed by atoms with E-state index in [0.717, 1.165) is 73.6 Å². The third-order valence-corrected chi connectivity index (χ3v) is 35.5. The monoisotopic (exact) mass is 1630 g/mol. The zero-order valence-electron chi connectivity index (χ0n) is 75.1. The van der Waals surface area contributed by atoms with Gasteiger partial charge >= 0.3 is 0 Å². The second-order valence-electron chi connectivity index (χ2n) is 41.6. The Morgan fingerprint density at radius 3 is 1.22 bits per heavy atom. The minimum absolute atomic E-state index is 0.147. The number of furan rings is 5. The maximum atomic E-state index is 6.16. The topological polar surface area (TPSA) is 81.9 Å². The molecule has 11 aromatic carbocycles. The average Bonchev–Trinajstić information content (AvgIpc) is 1.35. The third-order valence-electron chi connectivity index (χ3n) is 35.5. The normalized spacial score (nSPS) is 32.4. The van der Waals surface area contributed by atoms with Crippen LogP contribution in [0.2, 0.25) is 0 Å². The minimum Gasteiger partial charge on any atom is -0.456 e. The summed E-state index contributed by atoms with van der Waals surface area (Å²) >= 11 is 0. The summed E-state index contributed by atoms with van der Waals surface area (Å²) in [6.45, 7) is 45.7. The van der Waals surface area contributed by atoms with Gasteiger partial charge in [0.25, 0.3) is 0 Å². The number of fused-ring (bicyclic) bond motifs is 23. The fraction of sp³-hybridized carbons (Fsp3) is 0.416. The SMILES string of the molecule is Cc1cc2oc3ccccc3c2cc1C1C(C)N2CC1(C)C(C)C2C.Cc1cc2oc3ccccc3c2cc1C1C(C)N2CCC1(C)C2.Cc1cc2oc3ccccc3c2cc1C1C(C)N2CCC1C2(C)C.Cc1cc2oc3ccccc3c2cc1C1C2CCN(C2)C1C.Cc1cc2oc3ccccc3c2cc1N1C(C)C23CCC1(CC2)c1ccccc13. The maximum absolute atomic E-state index is 6.16. The third kappa shape index (κ3) is 11.3. The molecule has 0 amide bonds. The molecule has 19 atom stereocenters. The van der Waals surface area contributed by atoms with Crippen LogP contribution in [0.5, 0.6) is 0 Å². The molecule has 16 aromatic rings. The van der Waals surface area contributed by atoms with Crippen LogP contribution in [0.15, 0.2) is 228 Å². The first-order chi connectivity index (χ1) is 59.3. The van der Waals surface area contributed by atoms with Gasteiger partial charge in [0.1, 0.15) is 55.8 Å². The van der Waals surface area contributed by atoms with Gasteiger partial charge in [0, 0.05) is 150 Å². The predicted molar refractivity (Wildman–Crippen MR) is 508 cm³/mol. The lowest BCUT2D eigenvalue weighted by Crippen LogP contribution is -2.72. The van der Waals surface area contributed by atoms with Crippen molar-refractivity contribution >= 4 is 115 Å². The standard InChI is InChI=1S/C27H25NO.C23H27NO.C22H25NO.C21H23NO.C20H21NO/c1-17-15-25-20(19-7-3-6-10-24(19)29-25)16-23(17)28-18(2)26-11-13-27(28,14-12-26)22-9-5-4-8-21(22)26;1-13-10-21-19(17-8-6-7-9-20(17)25-21)11-18(13)22-16(4)24-12-23(22,5)14(2)15(24)3;1-13-11-20-17(15-7-5-6-8-19(15)24-20)12-16(13)21-14(2)23-10-9-18(21)22(23,3)4;1-13-10-19-17(15-6-4-5-7-18(15)23-19)11-16(13)20-14(2)22-9-8-21(20,3)12-22;1-12-9-19-17(15-5-3-4-6-18(15)22-19)10-16(12)20-13(2)21-8-7-14(20)11-21/h3-10,15-16,18H,11-14H2,1-2H3;6-11,14-16,22H,12H2,1-5H3;5-8,11-12,14,18,21H,9-10H2,1-4H3;4-7,10-11,14,20H,8-9,12H2,1-3H3;3-6,9-10,13-14,20H,7-8,11H2,1-2H3. The Balaban J connectivity index is 0.0000000893. The highest BCUT2D eigenvalue weighted by atomic mass is 16.3. The van der Waals surface area contributed by atoms with E-state index < -0.39 is 0 Å². The minimum atomic E-state index is 0.147. The fourth-order valence-corrected chi connectivity index (χ4v) is 29.0. The summed E-state index contributed by atoms with van der Waals surface area (Å²) in [6.07, 6.45) is 9.22. The molecule has 11 aliphatic heterocycles. The van der Waals surface area contributed by atoms with E-state index in [-0.39, 0.29) is 5.54 Å². The van der Waals surface area contributed by atoms with E-state index in [1.807, 2.05) is 24.3 Å². The molecule has 628 valence electrons. The van der Waals surface area contributed by atoms with Crippen molar-refractivity contribution in [3.05, 3.63) is 267 Å². The lowest BCUT2D eigenvalue weighted by atomic mass is 9.47. The lowest BCUT2D eigenvalue weighted by Gasteiger charge is -2.70. The number of nitrogens with zero attached hydrogens (tertiary/aromatic N) is 5. The summed E-state index contributed by atoms with van der Waals surface area (Å²) in [5.41, 5.74) is 29.2. The van der Waals surface area contributed by atoms with Crippen molar-refractivity contribution in [3.63, 3.8) is 0 Å². The largest absolute Gasteiger partial charge is 0.456 e. The van der Waals surface area contributed by atoms with Gasteiger partial charge in [-0.05, 0) is 335 Å². The van der Waals surface area contributed by atoms with E-state index in [2.05, 4.69) is 317 Å². The van der Waals surface area contributed by atoms with Gasteiger partial charge in [-0.25, -0.2) is 0 Å². The summed E-state index contributed by atoms with van der Waals surface area (Å²) in [5.74, 6) is 4.86. The van der Waals surface area contributed by atoms with E-state index in [0.29, 0.717) is 81.7 Å². The Bertz CT molecular complexity index is 6950. The molecule has 30 rings (SSSR count). The molecular formula is C113H121N5O5. The van der Waals surface area contributed by atoms with Gasteiger partial charge in [0.05, 0.1) is 5.54 Å². The van der Waals surface area contributed by atoms with E-state index >= 15 is 0 Å². The molecule has 19 unspecified atom stereocenters. The zero-order chi connectivity index (χ0) is 84.1.